The third-order valence-electron chi connectivity index (χ3n) is 4.40. The second-order valence-electron chi connectivity index (χ2n) is 5.45. The zero-order chi connectivity index (χ0) is 15.9. The Balaban J connectivity index is 2.70. The zero-order valence-corrected chi connectivity index (χ0v) is 16.1. The van der Waals surface area contributed by atoms with E-state index in [2.05, 4.69) is 52.6 Å². The molecule has 0 spiro atoms. The summed E-state index contributed by atoms with van der Waals surface area (Å²) in [5, 5.41) is 0. The Hall–Kier alpha value is -0.930. The predicted octanol–water partition coefficient (Wildman–Crippen LogP) is 5.98. The number of hydrogen-bond acceptors (Lipinski definition) is 1. The van der Waals surface area contributed by atoms with E-state index in [1.54, 1.807) is 0 Å². The van der Waals surface area contributed by atoms with Gasteiger partial charge in [0.15, 0.2) is 5.78 Å². The largest absolute Gasteiger partial charge is 0.289 e. The van der Waals surface area contributed by atoms with E-state index in [1.807, 2.05) is 32.0 Å². The topological polar surface area (TPSA) is 17.1 Å². The number of ketones is 1. The SMILES string of the molecule is Cc1c(C)c(C)c(C(=O)c2ccc(Br)cc2Br)c(C)c1C. The number of benzene rings is 2. The standard InChI is InChI=1S/C18H18Br2O/c1-9-10(2)12(4)17(13(5)11(9)3)18(21)15-7-6-14(19)8-16(15)20/h6-8H,1-5H3. The molecule has 0 heterocycles. The van der Waals surface area contributed by atoms with Gasteiger partial charge in [0.25, 0.3) is 0 Å². The molecule has 2 rings (SSSR count). The average Bonchev–Trinajstić information content (AvgIpc) is 2.43. The van der Waals surface area contributed by atoms with Crippen LogP contribution in [0.1, 0.15) is 43.7 Å². The zero-order valence-electron chi connectivity index (χ0n) is 12.9. The van der Waals surface area contributed by atoms with Gasteiger partial charge in [-0.3, -0.25) is 4.79 Å². The maximum Gasteiger partial charge on any atom is 0.194 e. The lowest BCUT2D eigenvalue weighted by atomic mass is 9.86. The van der Waals surface area contributed by atoms with E-state index in [9.17, 15) is 4.79 Å². The molecule has 0 radical (unpaired) electrons. The molecule has 2 aromatic rings. The molecule has 0 aromatic heterocycles. The van der Waals surface area contributed by atoms with Crippen molar-refractivity contribution in [3.8, 4) is 0 Å². The molecule has 2 aromatic carbocycles. The fourth-order valence-electron chi connectivity index (χ4n) is 2.65. The van der Waals surface area contributed by atoms with Crippen molar-refractivity contribution in [3.05, 3.63) is 66.1 Å². The van der Waals surface area contributed by atoms with Crippen molar-refractivity contribution < 1.29 is 4.79 Å². The molecule has 21 heavy (non-hydrogen) atoms. The molecule has 0 N–H and O–H groups in total. The van der Waals surface area contributed by atoms with Gasteiger partial charge >= 0.3 is 0 Å². The van der Waals surface area contributed by atoms with Crippen LogP contribution in [0.4, 0.5) is 0 Å². The minimum Gasteiger partial charge on any atom is -0.289 e. The minimum absolute atomic E-state index is 0.0792. The van der Waals surface area contributed by atoms with Crippen LogP contribution in [0.5, 0.6) is 0 Å². The van der Waals surface area contributed by atoms with Crippen molar-refractivity contribution >= 4 is 37.6 Å². The summed E-state index contributed by atoms with van der Waals surface area (Å²) in [5.41, 5.74) is 7.37. The molecule has 0 saturated heterocycles. The lowest BCUT2D eigenvalue weighted by Crippen LogP contribution is -2.11. The molecule has 3 heteroatoms. The molecule has 0 bridgehead atoms. The summed E-state index contributed by atoms with van der Waals surface area (Å²) < 4.78 is 1.77. The third kappa shape index (κ3) is 2.86. The molecule has 0 aliphatic heterocycles. The van der Waals surface area contributed by atoms with Crippen LogP contribution in [0.25, 0.3) is 0 Å². The van der Waals surface area contributed by atoms with E-state index in [-0.39, 0.29) is 5.78 Å². The van der Waals surface area contributed by atoms with Crippen molar-refractivity contribution in [1.29, 1.82) is 0 Å². The van der Waals surface area contributed by atoms with Gasteiger partial charge in [-0.2, -0.15) is 0 Å². The van der Waals surface area contributed by atoms with E-state index in [0.717, 1.165) is 25.6 Å². The molecule has 0 aliphatic rings. The van der Waals surface area contributed by atoms with Crippen molar-refractivity contribution in [2.75, 3.05) is 0 Å². The van der Waals surface area contributed by atoms with Gasteiger partial charge in [-0.25, -0.2) is 0 Å². The first-order chi connectivity index (χ1) is 9.75. The fraction of sp³-hybridized carbons (Fsp3) is 0.278. The Kier molecular flexibility index (Phi) is 4.74. The summed E-state index contributed by atoms with van der Waals surface area (Å²) >= 11 is 6.92. The van der Waals surface area contributed by atoms with Crippen molar-refractivity contribution in [2.24, 2.45) is 0 Å². The molecular weight excluding hydrogens is 392 g/mol. The number of carbonyl (C=O) groups is 1. The van der Waals surface area contributed by atoms with Crippen LogP contribution in [0.15, 0.2) is 27.1 Å². The van der Waals surface area contributed by atoms with E-state index < -0.39 is 0 Å². The van der Waals surface area contributed by atoms with Gasteiger partial charge in [0.2, 0.25) is 0 Å². The monoisotopic (exact) mass is 408 g/mol. The lowest BCUT2D eigenvalue weighted by Gasteiger charge is -2.18. The first kappa shape index (κ1) is 16.4. The van der Waals surface area contributed by atoms with Crippen LogP contribution < -0.4 is 0 Å². The number of hydrogen-bond donors (Lipinski definition) is 0. The van der Waals surface area contributed by atoms with Crippen molar-refractivity contribution in [1.82, 2.24) is 0 Å². The fourth-order valence-corrected chi connectivity index (χ4v) is 3.88. The van der Waals surface area contributed by atoms with Crippen LogP contribution in [-0.2, 0) is 0 Å². The lowest BCUT2D eigenvalue weighted by molar-refractivity contribution is 0.103. The molecule has 0 saturated carbocycles. The van der Waals surface area contributed by atoms with Crippen LogP contribution in [0.2, 0.25) is 0 Å². The summed E-state index contributed by atoms with van der Waals surface area (Å²) in [6.45, 7) is 10.4. The highest BCUT2D eigenvalue weighted by molar-refractivity contribution is 9.11. The average molecular weight is 410 g/mol. The molecule has 110 valence electrons. The quantitative estimate of drug-likeness (QED) is 0.557. The van der Waals surface area contributed by atoms with Crippen LogP contribution in [-0.4, -0.2) is 5.78 Å². The molecule has 0 unspecified atom stereocenters. The van der Waals surface area contributed by atoms with E-state index >= 15 is 0 Å². The Bertz CT molecular complexity index is 716. The Morgan fingerprint density at radius 3 is 1.76 bits per heavy atom. The van der Waals surface area contributed by atoms with Crippen molar-refractivity contribution in [3.63, 3.8) is 0 Å². The van der Waals surface area contributed by atoms with Gasteiger partial charge < -0.3 is 0 Å². The molecule has 0 fully saturated rings. The Morgan fingerprint density at radius 1 is 0.810 bits per heavy atom. The Labute approximate surface area is 143 Å². The smallest absolute Gasteiger partial charge is 0.194 e. The minimum atomic E-state index is 0.0792. The van der Waals surface area contributed by atoms with Crippen LogP contribution in [0.3, 0.4) is 0 Å². The summed E-state index contributed by atoms with van der Waals surface area (Å²) in [5.74, 6) is 0.0792. The first-order valence-corrected chi connectivity index (χ1v) is 8.41. The maximum absolute atomic E-state index is 13.0. The molecule has 1 nitrogen and oxygen atoms in total. The van der Waals surface area contributed by atoms with Crippen LogP contribution in [0, 0.1) is 34.6 Å². The van der Waals surface area contributed by atoms with Gasteiger partial charge in [-0.05, 0) is 96.6 Å². The van der Waals surface area contributed by atoms with Gasteiger partial charge in [-0.15, -0.1) is 0 Å². The number of halogens is 2. The van der Waals surface area contributed by atoms with E-state index in [1.165, 1.54) is 16.7 Å². The van der Waals surface area contributed by atoms with Gasteiger partial charge in [0.1, 0.15) is 0 Å². The maximum atomic E-state index is 13.0. The van der Waals surface area contributed by atoms with Gasteiger partial charge in [-0.1, -0.05) is 15.9 Å². The molecule has 0 aliphatic carbocycles. The highest BCUT2D eigenvalue weighted by atomic mass is 79.9. The highest BCUT2D eigenvalue weighted by Gasteiger charge is 2.21. The highest BCUT2D eigenvalue weighted by Crippen LogP contribution is 2.30. The first-order valence-electron chi connectivity index (χ1n) is 6.82. The predicted molar refractivity (Wildman–Crippen MR) is 95.4 cm³/mol. The molecular formula is C18H18Br2O. The summed E-state index contributed by atoms with van der Waals surface area (Å²) in [6, 6.07) is 5.67. The van der Waals surface area contributed by atoms with E-state index in [4.69, 9.17) is 0 Å². The Morgan fingerprint density at radius 2 is 1.29 bits per heavy atom. The van der Waals surface area contributed by atoms with Crippen molar-refractivity contribution in [2.45, 2.75) is 34.6 Å². The third-order valence-corrected chi connectivity index (χ3v) is 5.55. The number of rotatable bonds is 2. The summed E-state index contributed by atoms with van der Waals surface area (Å²) in [6.07, 6.45) is 0. The van der Waals surface area contributed by atoms with Gasteiger partial charge in [0, 0.05) is 20.1 Å². The van der Waals surface area contributed by atoms with Gasteiger partial charge in [0.05, 0.1) is 0 Å². The summed E-state index contributed by atoms with van der Waals surface area (Å²) in [4.78, 5) is 13.0. The second-order valence-corrected chi connectivity index (χ2v) is 7.22. The van der Waals surface area contributed by atoms with E-state index in [0.29, 0.717) is 5.56 Å². The number of carbonyl (C=O) groups excluding carboxylic acids is 1. The molecule has 0 amide bonds. The van der Waals surface area contributed by atoms with Crippen LogP contribution >= 0.6 is 31.9 Å². The second kappa shape index (κ2) is 6.05. The normalized spacial score (nSPS) is 10.8. The molecule has 0 atom stereocenters. The summed E-state index contributed by atoms with van der Waals surface area (Å²) in [7, 11) is 0.